The average Bonchev–Trinajstić information content (AvgIpc) is 2.37. The van der Waals surface area contributed by atoms with Gasteiger partial charge in [0.05, 0.1) is 15.7 Å². The van der Waals surface area contributed by atoms with Crippen LogP contribution in [0.4, 0.5) is 26.2 Å². The molecule has 2 aromatic rings. The molecule has 0 spiro atoms. The van der Waals surface area contributed by atoms with Crippen molar-refractivity contribution in [3.63, 3.8) is 0 Å². The average molecular weight is 314 g/mol. The van der Waals surface area contributed by atoms with Crippen LogP contribution in [0.5, 0.6) is 0 Å². The Hall–Kier alpha value is -1.98. The maximum absolute atomic E-state index is 13.5. The Morgan fingerprint density at radius 2 is 1.80 bits per heavy atom. The molecule has 0 unspecified atom stereocenters. The fraction of sp³-hybridized carbons (Fsp3) is 0. The third kappa shape index (κ3) is 3.53. The van der Waals surface area contributed by atoms with Gasteiger partial charge in [0.25, 0.3) is 0 Å². The molecule has 0 atom stereocenters. The molecular weight excluding hydrogens is 304 g/mol. The number of carbonyl (C=O) groups excluding carboxylic acids is 1. The summed E-state index contributed by atoms with van der Waals surface area (Å²) < 4.78 is 13.5. The Morgan fingerprint density at radius 3 is 2.45 bits per heavy atom. The predicted octanol–water partition coefficient (Wildman–Crippen LogP) is 4.36. The van der Waals surface area contributed by atoms with Crippen molar-refractivity contribution in [3.8, 4) is 0 Å². The second kappa shape index (κ2) is 5.98. The Morgan fingerprint density at radius 1 is 1.05 bits per heavy atom. The molecule has 0 bridgehead atoms. The van der Waals surface area contributed by atoms with Crippen molar-refractivity contribution < 1.29 is 9.18 Å². The molecule has 104 valence electrons. The molecule has 2 rings (SSSR count). The van der Waals surface area contributed by atoms with Crippen LogP contribution < -0.4 is 16.4 Å². The molecule has 7 heteroatoms. The summed E-state index contributed by atoms with van der Waals surface area (Å²) >= 11 is 11.6. The second-order valence-corrected chi connectivity index (χ2v) is 4.76. The number of hydrogen-bond acceptors (Lipinski definition) is 2. The third-order valence-electron chi connectivity index (χ3n) is 2.42. The van der Waals surface area contributed by atoms with E-state index in [1.165, 1.54) is 18.2 Å². The minimum atomic E-state index is -0.616. The van der Waals surface area contributed by atoms with E-state index in [1.54, 1.807) is 12.1 Å². The summed E-state index contributed by atoms with van der Waals surface area (Å²) in [6, 6.07) is 7.98. The fourth-order valence-electron chi connectivity index (χ4n) is 1.49. The number of urea groups is 1. The Labute approximate surface area is 124 Å². The van der Waals surface area contributed by atoms with Crippen LogP contribution in [0, 0.1) is 5.82 Å². The van der Waals surface area contributed by atoms with Crippen molar-refractivity contribution >= 4 is 46.3 Å². The van der Waals surface area contributed by atoms with Gasteiger partial charge in [-0.2, -0.15) is 0 Å². The predicted molar refractivity (Wildman–Crippen MR) is 79.9 cm³/mol. The highest BCUT2D eigenvalue weighted by molar-refractivity contribution is 6.42. The van der Waals surface area contributed by atoms with Gasteiger partial charge in [-0.15, -0.1) is 0 Å². The molecular formula is C13H10Cl2FN3O. The van der Waals surface area contributed by atoms with E-state index in [2.05, 4.69) is 10.6 Å². The lowest BCUT2D eigenvalue weighted by Gasteiger charge is -2.09. The van der Waals surface area contributed by atoms with Crippen molar-refractivity contribution in [3.05, 3.63) is 52.3 Å². The van der Waals surface area contributed by atoms with Crippen LogP contribution in [0.25, 0.3) is 0 Å². The zero-order valence-electron chi connectivity index (χ0n) is 10.1. The topological polar surface area (TPSA) is 67.1 Å². The highest BCUT2D eigenvalue weighted by Gasteiger charge is 2.08. The molecule has 0 heterocycles. The van der Waals surface area contributed by atoms with Gasteiger partial charge in [-0.25, -0.2) is 9.18 Å². The summed E-state index contributed by atoms with van der Waals surface area (Å²) in [7, 11) is 0. The number of nitrogen functional groups attached to an aromatic ring is 1. The first-order valence-electron chi connectivity index (χ1n) is 5.54. The molecule has 0 radical (unpaired) electrons. The van der Waals surface area contributed by atoms with Crippen LogP contribution in [0.2, 0.25) is 10.0 Å². The number of hydrogen-bond donors (Lipinski definition) is 3. The number of rotatable bonds is 2. The van der Waals surface area contributed by atoms with E-state index in [0.717, 1.165) is 6.07 Å². The van der Waals surface area contributed by atoms with Crippen molar-refractivity contribution in [2.45, 2.75) is 0 Å². The quantitative estimate of drug-likeness (QED) is 0.721. The normalized spacial score (nSPS) is 10.2. The molecule has 4 nitrogen and oxygen atoms in total. The molecule has 4 N–H and O–H groups in total. The number of benzene rings is 2. The summed E-state index contributed by atoms with van der Waals surface area (Å²) in [6.45, 7) is 0. The minimum Gasteiger partial charge on any atom is -0.399 e. The summed E-state index contributed by atoms with van der Waals surface area (Å²) in [5.74, 6) is -0.616. The van der Waals surface area contributed by atoms with Gasteiger partial charge < -0.3 is 16.4 Å². The van der Waals surface area contributed by atoms with Gasteiger partial charge in [0.15, 0.2) is 0 Å². The Kier molecular flexibility index (Phi) is 4.32. The van der Waals surface area contributed by atoms with E-state index in [9.17, 15) is 9.18 Å². The molecule has 0 saturated heterocycles. The Balaban J connectivity index is 2.07. The van der Waals surface area contributed by atoms with E-state index in [4.69, 9.17) is 28.9 Å². The first-order chi connectivity index (χ1) is 9.45. The van der Waals surface area contributed by atoms with E-state index in [0.29, 0.717) is 15.7 Å². The molecule has 0 aliphatic rings. The van der Waals surface area contributed by atoms with Crippen LogP contribution in [0.15, 0.2) is 36.4 Å². The molecule has 0 aliphatic heterocycles. The van der Waals surface area contributed by atoms with Crippen molar-refractivity contribution in [1.29, 1.82) is 0 Å². The lowest BCUT2D eigenvalue weighted by atomic mass is 10.2. The first kappa shape index (κ1) is 14.4. The minimum absolute atomic E-state index is 0.0248. The fourth-order valence-corrected chi connectivity index (χ4v) is 1.79. The van der Waals surface area contributed by atoms with Crippen LogP contribution >= 0.6 is 23.2 Å². The highest BCUT2D eigenvalue weighted by atomic mass is 35.5. The van der Waals surface area contributed by atoms with Gasteiger partial charge in [-0.3, -0.25) is 0 Å². The second-order valence-electron chi connectivity index (χ2n) is 3.95. The molecule has 2 aromatic carbocycles. The third-order valence-corrected chi connectivity index (χ3v) is 3.16. The van der Waals surface area contributed by atoms with E-state index in [-0.39, 0.29) is 11.4 Å². The van der Waals surface area contributed by atoms with Crippen molar-refractivity contribution in [1.82, 2.24) is 0 Å². The van der Waals surface area contributed by atoms with E-state index >= 15 is 0 Å². The smallest absolute Gasteiger partial charge is 0.323 e. The molecule has 0 fully saturated rings. The number of nitrogens with one attached hydrogen (secondary N) is 2. The zero-order chi connectivity index (χ0) is 14.7. The Bertz CT molecular complexity index is 664. The van der Waals surface area contributed by atoms with Gasteiger partial charge in [-0.1, -0.05) is 23.2 Å². The number of amides is 2. The number of anilines is 3. The molecule has 0 saturated carbocycles. The molecule has 2 amide bonds. The van der Waals surface area contributed by atoms with E-state index in [1.807, 2.05) is 0 Å². The lowest BCUT2D eigenvalue weighted by Crippen LogP contribution is -2.20. The number of halogens is 3. The standard InChI is InChI=1S/C13H10Cl2FN3O/c14-9-3-2-8(6-10(9)15)18-13(20)19-12-4-1-7(17)5-11(12)16/h1-6H,17H2,(H2,18,19,20). The summed E-state index contributed by atoms with van der Waals surface area (Å²) in [5, 5.41) is 5.56. The van der Waals surface area contributed by atoms with Gasteiger partial charge in [-0.05, 0) is 36.4 Å². The van der Waals surface area contributed by atoms with E-state index < -0.39 is 11.8 Å². The van der Waals surface area contributed by atoms with Crippen molar-refractivity contribution in [2.75, 3.05) is 16.4 Å². The number of nitrogens with two attached hydrogens (primary N) is 1. The maximum Gasteiger partial charge on any atom is 0.323 e. The first-order valence-corrected chi connectivity index (χ1v) is 6.29. The maximum atomic E-state index is 13.5. The van der Waals surface area contributed by atoms with Crippen LogP contribution in [0.3, 0.4) is 0 Å². The monoisotopic (exact) mass is 313 g/mol. The summed E-state index contributed by atoms with van der Waals surface area (Å²) in [4.78, 5) is 11.7. The lowest BCUT2D eigenvalue weighted by molar-refractivity contribution is 0.262. The summed E-state index contributed by atoms with van der Waals surface area (Å²) in [5.41, 5.74) is 6.16. The molecule has 0 aliphatic carbocycles. The number of carbonyl (C=O) groups is 1. The summed E-state index contributed by atoms with van der Waals surface area (Å²) in [6.07, 6.45) is 0. The van der Waals surface area contributed by atoms with Crippen LogP contribution in [0.1, 0.15) is 0 Å². The SMILES string of the molecule is Nc1ccc(NC(=O)Nc2ccc(Cl)c(Cl)c2)c(F)c1. The van der Waals surface area contributed by atoms with Crippen LogP contribution in [-0.2, 0) is 0 Å². The highest BCUT2D eigenvalue weighted by Crippen LogP contribution is 2.25. The van der Waals surface area contributed by atoms with Crippen LogP contribution in [-0.4, -0.2) is 6.03 Å². The van der Waals surface area contributed by atoms with Gasteiger partial charge in [0.2, 0.25) is 0 Å². The van der Waals surface area contributed by atoms with Gasteiger partial charge >= 0.3 is 6.03 Å². The molecule has 20 heavy (non-hydrogen) atoms. The van der Waals surface area contributed by atoms with Gasteiger partial charge in [0, 0.05) is 11.4 Å². The van der Waals surface area contributed by atoms with Gasteiger partial charge in [0.1, 0.15) is 5.82 Å². The van der Waals surface area contributed by atoms with Crippen molar-refractivity contribution in [2.24, 2.45) is 0 Å². The molecule has 0 aromatic heterocycles. The largest absolute Gasteiger partial charge is 0.399 e. The zero-order valence-corrected chi connectivity index (χ0v) is 11.6.